The van der Waals surface area contributed by atoms with Crippen molar-refractivity contribution in [2.75, 3.05) is 5.73 Å². The van der Waals surface area contributed by atoms with Gasteiger partial charge >= 0.3 is 5.97 Å². The topological polar surface area (TPSA) is 93.5 Å². The smallest absolute Gasteiger partial charge is 0.355 e. The van der Waals surface area contributed by atoms with Crippen LogP contribution in [0, 0.1) is 0 Å². The van der Waals surface area contributed by atoms with Gasteiger partial charge in [0.2, 0.25) is 5.95 Å². The highest BCUT2D eigenvalue weighted by Crippen LogP contribution is 2.24. The summed E-state index contributed by atoms with van der Waals surface area (Å²) in [5.74, 6) is -1.03. The lowest BCUT2D eigenvalue weighted by molar-refractivity contribution is 0.0688. The van der Waals surface area contributed by atoms with Crippen LogP contribution in [0.5, 0.6) is 0 Å². The molecule has 6 heteroatoms. The second-order valence-electron chi connectivity index (χ2n) is 4.01. The molecule has 0 bridgehead atoms. The Morgan fingerprint density at radius 3 is 2.58 bits per heavy atom. The number of aromatic carboxylic acids is 1. The number of carboxylic acid groups (broad SMARTS) is 1. The molecule has 0 unspecified atom stereocenters. The van der Waals surface area contributed by atoms with Gasteiger partial charge in [-0.3, -0.25) is 0 Å². The number of carbonyl (C=O) groups is 1. The van der Waals surface area contributed by atoms with Crippen LogP contribution in [-0.2, 0) is 0 Å². The molecule has 0 saturated heterocycles. The fraction of sp³-hybridized carbons (Fsp3) is 0. The molecule has 3 aromatic rings. The molecule has 19 heavy (non-hydrogen) atoms. The molecule has 94 valence electrons. The molecule has 6 nitrogen and oxygen atoms in total. The van der Waals surface area contributed by atoms with E-state index in [9.17, 15) is 9.90 Å². The Labute approximate surface area is 108 Å². The van der Waals surface area contributed by atoms with Crippen LogP contribution in [-0.4, -0.2) is 25.7 Å². The van der Waals surface area contributed by atoms with Gasteiger partial charge in [0.15, 0.2) is 11.3 Å². The minimum absolute atomic E-state index is 0.0488. The van der Waals surface area contributed by atoms with Crippen LogP contribution in [0.2, 0.25) is 0 Å². The van der Waals surface area contributed by atoms with Crippen LogP contribution in [0.4, 0.5) is 5.95 Å². The molecule has 2 heterocycles. The molecule has 3 rings (SSSR count). The molecule has 2 aromatic heterocycles. The van der Waals surface area contributed by atoms with Crippen LogP contribution in [0.25, 0.3) is 16.8 Å². The van der Waals surface area contributed by atoms with Crippen molar-refractivity contribution in [3.8, 4) is 11.1 Å². The number of anilines is 1. The van der Waals surface area contributed by atoms with E-state index in [2.05, 4.69) is 10.1 Å². The molecule has 0 aliphatic heterocycles. The van der Waals surface area contributed by atoms with Gasteiger partial charge in [0.1, 0.15) is 0 Å². The summed E-state index contributed by atoms with van der Waals surface area (Å²) in [5.41, 5.74) is 7.35. The lowest BCUT2D eigenvalue weighted by Crippen LogP contribution is -2.09. The number of aromatic nitrogens is 3. The maximum Gasteiger partial charge on any atom is 0.355 e. The number of benzene rings is 1. The lowest BCUT2D eigenvalue weighted by atomic mass is 10.0. The number of fused-ring (bicyclic) bond motifs is 1. The summed E-state index contributed by atoms with van der Waals surface area (Å²) in [6.45, 7) is 0. The molecule has 0 amide bonds. The Morgan fingerprint density at radius 2 is 1.89 bits per heavy atom. The van der Waals surface area contributed by atoms with Crippen LogP contribution in [0.15, 0.2) is 42.5 Å². The van der Waals surface area contributed by atoms with Gasteiger partial charge in [0.25, 0.3) is 0 Å². The molecular weight excluding hydrogens is 244 g/mol. The molecule has 0 aliphatic rings. The second kappa shape index (κ2) is 4.09. The van der Waals surface area contributed by atoms with E-state index in [1.807, 2.05) is 30.3 Å². The molecule has 0 aliphatic carbocycles. The van der Waals surface area contributed by atoms with Crippen molar-refractivity contribution in [3.05, 3.63) is 48.2 Å². The molecule has 0 radical (unpaired) electrons. The summed E-state index contributed by atoms with van der Waals surface area (Å²) in [6.07, 6.45) is 0. The first-order valence-electron chi connectivity index (χ1n) is 5.61. The second-order valence-corrected chi connectivity index (χ2v) is 4.01. The number of nitrogens with zero attached hydrogens (tertiary/aromatic N) is 3. The molecule has 0 saturated carbocycles. The van der Waals surface area contributed by atoms with Crippen molar-refractivity contribution in [2.24, 2.45) is 0 Å². The van der Waals surface area contributed by atoms with E-state index in [-0.39, 0.29) is 11.6 Å². The summed E-state index contributed by atoms with van der Waals surface area (Å²) in [7, 11) is 0. The third-order valence-corrected chi connectivity index (χ3v) is 2.80. The van der Waals surface area contributed by atoms with Gasteiger partial charge in [0.05, 0.1) is 0 Å². The first-order chi connectivity index (χ1) is 9.16. The molecule has 3 N–H and O–H groups in total. The maximum absolute atomic E-state index is 11.5. The predicted molar refractivity (Wildman–Crippen MR) is 69.8 cm³/mol. The van der Waals surface area contributed by atoms with Gasteiger partial charge in [-0.25, -0.2) is 9.31 Å². The van der Waals surface area contributed by atoms with Gasteiger partial charge in [-0.05, 0) is 17.7 Å². The summed E-state index contributed by atoms with van der Waals surface area (Å²) in [5, 5.41) is 13.3. The summed E-state index contributed by atoms with van der Waals surface area (Å²) < 4.78 is 1.25. The SMILES string of the molecule is Nc1nc2ccc(-c3ccccc3)c(C(=O)O)n2n1. The van der Waals surface area contributed by atoms with Crippen LogP contribution in [0.3, 0.4) is 0 Å². The molecular formula is C13H10N4O2. The Balaban J connectivity index is 2.36. The van der Waals surface area contributed by atoms with Crippen LogP contribution >= 0.6 is 0 Å². The van der Waals surface area contributed by atoms with E-state index >= 15 is 0 Å². The summed E-state index contributed by atoms with van der Waals surface area (Å²) >= 11 is 0. The fourth-order valence-corrected chi connectivity index (χ4v) is 2.02. The number of nitrogen functional groups attached to an aromatic ring is 1. The monoisotopic (exact) mass is 254 g/mol. The highest BCUT2D eigenvalue weighted by Gasteiger charge is 2.18. The van der Waals surface area contributed by atoms with Gasteiger partial charge < -0.3 is 10.8 Å². The number of hydrogen-bond acceptors (Lipinski definition) is 4. The Bertz CT molecular complexity index is 765. The highest BCUT2D eigenvalue weighted by atomic mass is 16.4. The van der Waals surface area contributed by atoms with E-state index < -0.39 is 5.97 Å². The number of rotatable bonds is 2. The quantitative estimate of drug-likeness (QED) is 0.725. The molecule has 0 atom stereocenters. The van der Waals surface area contributed by atoms with E-state index in [1.54, 1.807) is 12.1 Å². The Kier molecular flexibility index (Phi) is 2.42. The number of carboxylic acids is 1. The van der Waals surface area contributed by atoms with Crippen molar-refractivity contribution in [1.82, 2.24) is 14.6 Å². The van der Waals surface area contributed by atoms with Gasteiger partial charge in [-0.1, -0.05) is 30.3 Å². The van der Waals surface area contributed by atoms with Gasteiger partial charge in [-0.2, -0.15) is 4.98 Å². The zero-order valence-corrected chi connectivity index (χ0v) is 9.82. The first kappa shape index (κ1) is 11.2. The van der Waals surface area contributed by atoms with E-state index in [0.29, 0.717) is 11.2 Å². The average molecular weight is 254 g/mol. The minimum Gasteiger partial charge on any atom is -0.476 e. The minimum atomic E-state index is -1.07. The standard InChI is InChI=1S/C13H10N4O2/c14-13-15-10-7-6-9(8-4-2-1-3-5-8)11(12(18)19)17(10)16-13/h1-7H,(H2,14,16)(H,18,19). The van der Waals surface area contributed by atoms with Crippen molar-refractivity contribution < 1.29 is 9.90 Å². The van der Waals surface area contributed by atoms with Crippen molar-refractivity contribution in [2.45, 2.75) is 0 Å². The third kappa shape index (κ3) is 1.79. The van der Waals surface area contributed by atoms with Gasteiger partial charge in [0, 0.05) is 5.56 Å². The van der Waals surface area contributed by atoms with Gasteiger partial charge in [-0.15, -0.1) is 5.10 Å². The third-order valence-electron chi connectivity index (χ3n) is 2.80. The van der Waals surface area contributed by atoms with E-state index in [1.165, 1.54) is 4.52 Å². The largest absolute Gasteiger partial charge is 0.476 e. The number of hydrogen-bond donors (Lipinski definition) is 2. The predicted octanol–water partition coefficient (Wildman–Crippen LogP) is 1.68. The van der Waals surface area contributed by atoms with Crippen molar-refractivity contribution in [3.63, 3.8) is 0 Å². The Hall–Kier alpha value is -2.89. The van der Waals surface area contributed by atoms with Crippen molar-refractivity contribution in [1.29, 1.82) is 0 Å². The van der Waals surface area contributed by atoms with Crippen molar-refractivity contribution >= 4 is 17.6 Å². The van der Waals surface area contributed by atoms with Crippen LogP contribution < -0.4 is 5.73 Å². The van der Waals surface area contributed by atoms with E-state index in [4.69, 9.17) is 5.73 Å². The number of pyridine rings is 1. The number of nitrogens with two attached hydrogens (primary N) is 1. The highest BCUT2D eigenvalue weighted by molar-refractivity contribution is 5.95. The summed E-state index contributed by atoms with van der Waals surface area (Å²) in [6, 6.07) is 12.7. The van der Waals surface area contributed by atoms with E-state index in [0.717, 1.165) is 5.56 Å². The average Bonchev–Trinajstić information content (AvgIpc) is 2.78. The molecule has 0 spiro atoms. The normalized spacial score (nSPS) is 10.7. The fourth-order valence-electron chi connectivity index (χ4n) is 2.02. The molecule has 0 fully saturated rings. The lowest BCUT2D eigenvalue weighted by Gasteiger charge is -2.07. The Morgan fingerprint density at radius 1 is 1.16 bits per heavy atom. The zero-order chi connectivity index (χ0) is 13.4. The first-order valence-corrected chi connectivity index (χ1v) is 5.61. The maximum atomic E-state index is 11.5. The summed E-state index contributed by atoms with van der Waals surface area (Å²) in [4.78, 5) is 15.4. The zero-order valence-electron chi connectivity index (χ0n) is 9.82. The van der Waals surface area contributed by atoms with Crippen LogP contribution in [0.1, 0.15) is 10.5 Å². The molecule has 1 aromatic carbocycles.